The Hall–Kier alpha value is -1.11. The van der Waals surface area contributed by atoms with Crippen LogP contribution in [0.3, 0.4) is 0 Å². The van der Waals surface area contributed by atoms with Gasteiger partial charge in [0.2, 0.25) is 11.8 Å². The number of rotatable bonds is 4. The number of hydrogen-bond donors (Lipinski definition) is 1. The van der Waals surface area contributed by atoms with Crippen molar-refractivity contribution in [3.05, 3.63) is 0 Å². The molecule has 0 radical (unpaired) electrons. The van der Waals surface area contributed by atoms with Crippen molar-refractivity contribution in [3.63, 3.8) is 0 Å². The van der Waals surface area contributed by atoms with E-state index in [0.717, 1.165) is 12.3 Å². The summed E-state index contributed by atoms with van der Waals surface area (Å²) >= 11 is 0. The molecule has 7 heteroatoms. The van der Waals surface area contributed by atoms with E-state index in [1.54, 1.807) is 6.92 Å². The lowest BCUT2D eigenvalue weighted by Gasteiger charge is -2.29. The van der Waals surface area contributed by atoms with Crippen LogP contribution in [0.1, 0.15) is 26.2 Å². The molecule has 3 atom stereocenters. The van der Waals surface area contributed by atoms with Crippen LogP contribution in [0.5, 0.6) is 0 Å². The van der Waals surface area contributed by atoms with Crippen molar-refractivity contribution in [3.8, 4) is 0 Å². The van der Waals surface area contributed by atoms with Crippen molar-refractivity contribution in [1.82, 2.24) is 10.2 Å². The van der Waals surface area contributed by atoms with Crippen molar-refractivity contribution in [2.75, 3.05) is 24.6 Å². The maximum absolute atomic E-state index is 12.2. The van der Waals surface area contributed by atoms with Gasteiger partial charge in [0.05, 0.1) is 11.5 Å². The van der Waals surface area contributed by atoms with E-state index in [4.69, 9.17) is 0 Å². The third-order valence-electron chi connectivity index (χ3n) is 4.79. The van der Waals surface area contributed by atoms with Crippen molar-refractivity contribution >= 4 is 21.7 Å². The quantitative estimate of drug-likeness (QED) is 0.778. The van der Waals surface area contributed by atoms with Crippen LogP contribution in [0.15, 0.2) is 0 Å². The summed E-state index contributed by atoms with van der Waals surface area (Å²) in [4.78, 5) is 25.8. The predicted molar refractivity (Wildman–Crippen MR) is 77.2 cm³/mol. The molecule has 6 nitrogen and oxygen atoms in total. The Balaban J connectivity index is 1.47. The summed E-state index contributed by atoms with van der Waals surface area (Å²) in [5, 5.41) is 2.79. The van der Waals surface area contributed by atoms with Crippen LogP contribution in [0.4, 0.5) is 0 Å². The smallest absolute Gasteiger partial charge is 0.244 e. The first-order valence-electron chi connectivity index (χ1n) is 7.67. The van der Waals surface area contributed by atoms with E-state index in [-0.39, 0.29) is 42.3 Å². The lowest BCUT2D eigenvalue weighted by molar-refractivity contribution is -0.136. The number of amides is 2. The number of hydrogen-bond acceptors (Lipinski definition) is 4. The summed E-state index contributed by atoms with van der Waals surface area (Å²) in [6, 6.07) is -0.571. The van der Waals surface area contributed by atoms with Gasteiger partial charge in [0.25, 0.3) is 0 Å². The molecule has 3 rings (SSSR count). The van der Waals surface area contributed by atoms with Gasteiger partial charge in [0.15, 0.2) is 9.84 Å². The number of sulfone groups is 1. The third-order valence-corrected chi connectivity index (χ3v) is 6.40. The maximum Gasteiger partial charge on any atom is 0.244 e. The molecule has 0 aromatic rings. The Bertz CT molecular complexity index is 541. The van der Waals surface area contributed by atoms with E-state index in [9.17, 15) is 18.0 Å². The van der Waals surface area contributed by atoms with E-state index >= 15 is 0 Å². The van der Waals surface area contributed by atoms with E-state index < -0.39 is 15.9 Å². The monoisotopic (exact) mass is 314 g/mol. The molecule has 1 N–H and O–H groups in total. The standard InChI is InChI=1S/C14H22N2O4S/c1-9(14(18)16-4-6-21(19,20)7-5-16)15-13(17)12-8-11(12)10-2-3-10/h9-12H,2-8H2,1H3,(H,15,17)/t9-,11+,12-/m0/s1. The molecule has 21 heavy (non-hydrogen) atoms. The largest absolute Gasteiger partial charge is 0.344 e. The van der Waals surface area contributed by atoms with Crippen molar-refractivity contribution in [2.45, 2.75) is 32.2 Å². The molecule has 3 fully saturated rings. The van der Waals surface area contributed by atoms with Crippen LogP contribution < -0.4 is 5.32 Å². The SMILES string of the molecule is C[C@H](NC(=O)[C@H]1C[C@@H]1C1CC1)C(=O)N1CCS(=O)(=O)CC1. The second-order valence-corrected chi connectivity index (χ2v) is 8.85. The van der Waals surface area contributed by atoms with Gasteiger partial charge in [-0.1, -0.05) is 0 Å². The van der Waals surface area contributed by atoms with Crippen LogP contribution in [0, 0.1) is 17.8 Å². The summed E-state index contributed by atoms with van der Waals surface area (Å²) in [7, 11) is -2.99. The highest BCUT2D eigenvalue weighted by molar-refractivity contribution is 7.91. The van der Waals surface area contributed by atoms with Crippen molar-refractivity contribution in [1.29, 1.82) is 0 Å². The average Bonchev–Trinajstić information content (AvgIpc) is 3.27. The number of carbonyl (C=O) groups is 2. The molecule has 1 heterocycles. The normalized spacial score (nSPS) is 32.3. The molecule has 3 aliphatic rings. The molecular formula is C14H22N2O4S. The molecule has 0 unspecified atom stereocenters. The zero-order chi connectivity index (χ0) is 15.2. The Morgan fingerprint density at radius 3 is 2.38 bits per heavy atom. The van der Waals surface area contributed by atoms with E-state index in [1.165, 1.54) is 17.7 Å². The first kappa shape index (κ1) is 14.8. The van der Waals surface area contributed by atoms with Gasteiger partial charge < -0.3 is 10.2 Å². The number of nitrogens with zero attached hydrogens (tertiary/aromatic N) is 1. The molecule has 0 aromatic carbocycles. The molecule has 1 aliphatic heterocycles. The molecule has 118 valence electrons. The number of carbonyl (C=O) groups excluding carboxylic acids is 2. The van der Waals surface area contributed by atoms with Crippen LogP contribution in [0.25, 0.3) is 0 Å². The predicted octanol–water partition coefficient (Wildman–Crippen LogP) is -0.206. The summed E-state index contributed by atoms with van der Waals surface area (Å²) < 4.78 is 22.7. The van der Waals surface area contributed by atoms with Crippen LogP contribution in [-0.2, 0) is 19.4 Å². The fourth-order valence-corrected chi connectivity index (χ4v) is 4.35. The van der Waals surface area contributed by atoms with Gasteiger partial charge in [-0.05, 0) is 38.0 Å². The highest BCUT2D eigenvalue weighted by atomic mass is 32.2. The molecular weight excluding hydrogens is 292 g/mol. The van der Waals surface area contributed by atoms with Crippen molar-refractivity contribution in [2.24, 2.45) is 17.8 Å². The fraction of sp³-hybridized carbons (Fsp3) is 0.857. The second-order valence-electron chi connectivity index (χ2n) is 6.55. The van der Waals surface area contributed by atoms with E-state index in [1.807, 2.05) is 0 Å². The van der Waals surface area contributed by atoms with Crippen LogP contribution >= 0.6 is 0 Å². The highest BCUT2D eigenvalue weighted by Gasteiger charge is 2.51. The topological polar surface area (TPSA) is 83.6 Å². The third kappa shape index (κ3) is 3.39. The molecule has 2 amide bonds. The summed E-state index contributed by atoms with van der Waals surface area (Å²) in [6.45, 7) is 2.14. The van der Waals surface area contributed by atoms with Gasteiger partial charge >= 0.3 is 0 Å². The Labute approximate surface area is 125 Å². The molecule has 2 saturated carbocycles. The molecule has 0 spiro atoms. The van der Waals surface area contributed by atoms with Crippen LogP contribution in [0.2, 0.25) is 0 Å². The highest BCUT2D eigenvalue weighted by Crippen LogP contribution is 2.54. The first-order valence-corrected chi connectivity index (χ1v) is 9.49. The number of nitrogens with one attached hydrogen (secondary N) is 1. The Kier molecular flexibility index (Phi) is 3.71. The summed E-state index contributed by atoms with van der Waals surface area (Å²) in [6.07, 6.45) is 3.44. The Morgan fingerprint density at radius 2 is 1.81 bits per heavy atom. The molecule has 0 aromatic heterocycles. The van der Waals surface area contributed by atoms with Gasteiger partial charge in [0.1, 0.15) is 6.04 Å². The maximum atomic E-state index is 12.2. The fourth-order valence-electron chi connectivity index (χ4n) is 3.15. The molecule has 1 saturated heterocycles. The zero-order valence-electron chi connectivity index (χ0n) is 12.2. The minimum absolute atomic E-state index is 0.0163. The summed E-state index contributed by atoms with van der Waals surface area (Å²) in [5.74, 6) is 1.21. The lowest BCUT2D eigenvalue weighted by Crippen LogP contribution is -2.52. The van der Waals surface area contributed by atoms with Gasteiger partial charge in [-0.3, -0.25) is 9.59 Å². The van der Waals surface area contributed by atoms with Gasteiger partial charge in [-0.15, -0.1) is 0 Å². The van der Waals surface area contributed by atoms with E-state index in [0.29, 0.717) is 5.92 Å². The molecule has 0 bridgehead atoms. The first-order chi connectivity index (χ1) is 9.87. The van der Waals surface area contributed by atoms with Gasteiger partial charge in [-0.25, -0.2) is 8.42 Å². The Morgan fingerprint density at radius 1 is 1.19 bits per heavy atom. The molecule has 2 aliphatic carbocycles. The average molecular weight is 314 g/mol. The lowest BCUT2D eigenvalue weighted by atomic mass is 10.2. The zero-order valence-corrected chi connectivity index (χ0v) is 13.1. The van der Waals surface area contributed by atoms with Gasteiger partial charge in [-0.2, -0.15) is 0 Å². The summed E-state index contributed by atoms with van der Waals surface area (Å²) in [5.41, 5.74) is 0. The van der Waals surface area contributed by atoms with Crippen LogP contribution in [-0.4, -0.2) is 55.8 Å². The van der Waals surface area contributed by atoms with E-state index in [2.05, 4.69) is 5.32 Å². The second kappa shape index (κ2) is 5.26. The van der Waals surface area contributed by atoms with Crippen molar-refractivity contribution < 1.29 is 18.0 Å². The van der Waals surface area contributed by atoms with Gasteiger partial charge in [0, 0.05) is 19.0 Å². The minimum atomic E-state index is -2.99. The minimum Gasteiger partial charge on any atom is -0.344 e.